The molecule has 0 aliphatic carbocycles. The van der Waals surface area contributed by atoms with Gasteiger partial charge in [0.1, 0.15) is 0 Å². The minimum absolute atomic E-state index is 0.105. The van der Waals surface area contributed by atoms with E-state index in [1.54, 1.807) is 24.3 Å². The van der Waals surface area contributed by atoms with Crippen molar-refractivity contribution in [2.45, 2.75) is 33.2 Å². The predicted octanol–water partition coefficient (Wildman–Crippen LogP) is 3.73. The molecule has 0 spiro atoms. The summed E-state index contributed by atoms with van der Waals surface area (Å²) in [6, 6.07) is 15.9. The average molecular weight is 352 g/mol. The Morgan fingerprint density at radius 1 is 0.923 bits per heavy atom. The van der Waals surface area contributed by atoms with Crippen LogP contribution in [0.2, 0.25) is 0 Å². The van der Waals surface area contributed by atoms with Crippen molar-refractivity contribution in [3.05, 3.63) is 65.7 Å². The Balaban J connectivity index is 2.07. The second-order valence-corrected chi connectivity index (χ2v) is 6.66. The molecule has 2 aromatic rings. The molecule has 0 saturated carbocycles. The first-order chi connectivity index (χ1) is 12.4. The minimum atomic E-state index is -0.754. The standard InChI is InChI=1S/C21H24N2O3/c1-14(2)12-19(16-8-5-4-6-9-16)23-21(26)20(25)22-18-11-7-10-17(13-18)15(3)24/h4-11,13-14,19H,12H2,1-3H3,(H,22,25)(H,23,26). The van der Waals surface area contributed by atoms with Crippen LogP contribution in [0.4, 0.5) is 5.69 Å². The van der Waals surface area contributed by atoms with Gasteiger partial charge in [0.05, 0.1) is 6.04 Å². The summed E-state index contributed by atoms with van der Waals surface area (Å²) < 4.78 is 0. The van der Waals surface area contributed by atoms with Gasteiger partial charge >= 0.3 is 11.8 Å². The molecule has 5 nitrogen and oxygen atoms in total. The molecule has 0 aliphatic rings. The van der Waals surface area contributed by atoms with E-state index in [1.807, 2.05) is 30.3 Å². The summed E-state index contributed by atoms with van der Waals surface area (Å²) in [5.74, 6) is -1.20. The first kappa shape index (κ1) is 19.4. The van der Waals surface area contributed by atoms with Crippen LogP contribution in [0.25, 0.3) is 0 Å². The molecule has 0 aromatic heterocycles. The van der Waals surface area contributed by atoms with E-state index in [2.05, 4.69) is 24.5 Å². The predicted molar refractivity (Wildman–Crippen MR) is 102 cm³/mol. The molecule has 0 heterocycles. The van der Waals surface area contributed by atoms with E-state index in [9.17, 15) is 14.4 Å². The number of Topliss-reactive ketones (excluding diaryl/α,β-unsaturated/α-hetero) is 1. The fraction of sp³-hybridized carbons (Fsp3) is 0.286. The highest BCUT2D eigenvalue weighted by molar-refractivity contribution is 6.39. The van der Waals surface area contributed by atoms with Gasteiger partial charge in [-0.2, -0.15) is 0 Å². The van der Waals surface area contributed by atoms with Gasteiger partial charge in [0, 0.05) is 11.3 Å². The topological polar surface area (TPSA) is 75.3 Å². The second kappa shape index (κ2) is 8.94. The number of carbonyl (C=O) groups excluding carboxylic acids is 3. The Labute approximate surface area is 153 Å². The van der Waals surface area contributed by atoms with Gasteiger partial charge in [0.25, 0.3) is 0 Å². The molecule has 2 N–H and O–H groups in total. The molecule has 0 saturated heterocycles. The van der Waals surface area contributed by atoms with Gasteiger partial charge in [-0.3, -0.25) is 14.4 Å². The summed E-state index contributed by atoms with van der Waals surface area (Å²) >= 11 is 0. The Hall–Kier alpha value is -2.95. The summed E-state index contributed by atoms with van der Waals surface area (Å²) in [5, 5.41) is 5.35. The van der Waals surface area contributed by atoms with Gasteiger partial charge in [-0.15, -0.1) is 0 Å². The van der Waals surface area contributed by atoms with Crippen LogP contribution < -0.4 is 10.6 Å². The maximum absolute atomic E-state index is 12.3. The SMILES string of the molecule is CC(=O)c1cccc(NC(=O)C(=O)NC(CC(C)C)c2ccccc2)c1. The molecule has 0 radical (unpaired) electrons. The molecule has 2 amide bonds. The van der Waals surface area contributed by atoms with Crippen molar-refractivity contribution in [1.82, 2.24) is 5.32 Å². The van der Waals surface area contributed by atoms with Crippen LogP contribution in [-0.4, -0.2) is 17.6 Å². The first-order valence-corrected chi connectivity index (χ1v) is 8.64. The van der Waals surface area contributed by atoms with Gasteiger partial charge in [0.2, 0.25) is 0 Å². The van der Waals surface area contributed by atoms with Crippen LogP contribution >= 0.6 is 0 Å². The van der Waals surface area contributed by atoms with Gasteiger partial charge in [-0.25, -0.2) is 0 Å². The number of carbonyl (C=O) groups is 3. The Morgan fingerprint density at radius 2 is 1.62 bits per heavy atom. The molecular formula is C21H24N2O3. The van der Waals surface area contributed by atoms with Crippen molar-refractivity contribution < 1.29 is 14.4 Å². The molecule has 5 heteroatoms. The highest BCUT2D eigenvalue weighted by Gasteiger charge is 2.21. The molecule has 0 aliphatic heterocycles. The zero-order valence-electron chi connectivity index (χ0n) is 15.3. The van der Waals surface area contributed by atoms with Crippen LogP contribution in [0, 0.1) is 5.92 Å². The van der Waals surface area contributed by atoms with Gasteiger partial charge in [-0.05, 0) is 37.0 Å². The fourth-order valence-corrected chi connectivity index (χ4v) is 2.66. The summed E-state index contributed by atoms with van der Waals surface area (Å²) in [6.45, 7) is 5.58. The zero-order valence-corrected chi connectivity index (χ0v) is 15.3. The maximum atomic E-state index is 12.3. The summed E-state index contributed by atoms with van der Waals surface area (Å²) in [6.07, 6.45) is 0.725. The Morgan fingerprint density at radius 3 is 2.23 bits per heavy atom. The number of hydrogen-bond acceptors (Lipinski definition) is 3. The smallest absolute Gasteiger partial charge is 0.313 e. The zero-order chi connectivity index (χ0) is 19.1. The van der Waals surface area contributed by atoms with E-state index in [0.29, 0.717) is 17.2 Å². The molecule has 0 fully saturated rings. The molecule has 0 bridgehead atoms. The van der Waals surface area contributed by atoms with Crippen molar-refractivity contribution in [3.8, 4) is 0 Å². The quantitative estimate of drug-likeness (QED) is 0.614. The Bertz CT molecular complexity index is 785. The van der Waals surface area contributed by atoms with Crippen molar-refractivity contribution in [2.75, 3.05) is 5.32 Å². The number of hydrogen-bond donors (Lipinski definition) is 2. The maximum Gasteiger partial charge on any atom is 0.313 e. The van der Waals surface area contributed by atoms with Crippen molar-refractivity contribution in [2.24, 2.45) is 5.92 Å². The molecule has 2 aromatic carbocycles. The largest absolute Gasteiger partial charge is 0.341 e. The lowest BCUT2D eigenvalue weighted by Gasteiger charge is -2.21. The van der Waals surface area contributed by atoms with E-state index in [4.69, 9.17) is 0 Å². The highest BCUT2D eigenvalue weighted by atomic mass is 16.2. The molecule has 136 valence electrons. The second-order valence-electron chi connectivity index (χ2n) is 6.66. The molecule has 2 rings (SSSR count). The first-order valence-electron chi connectivity index (χ1n) is 8.64. The van der Waals surface area contributed by atoms with Crippen molar-refractivity contribution in [3.63, 3.8) is 0 Å². The third-order valence-electron chi connectivity index (χ3n) is 3.95. The minimum Gasteiger partial charge on any atom is -0.341 e. The molecule has 1 atom stereocenters. The molecule has 26 heavy (non-hydrogen) atoms. The van der Waals surface area contributed by atoms with Crippen LogP contribution in [-0.2, 0) is 9.59 Å². The third-order valence-corrected chi connectivity index (χ3v) is 3.95. The fourth-order valence-electron chi connectivity index (χ4n) is 2.66. The number of amides is 2. The summed E-state index contributed by atoms with van der Waals surface area (Å²) in [4.78, 5) is 36.0. The van der Waals surface area contributed by atoms with Crippen LogP contribution in [0.15, 0.2) is 54.6 Å². The van der Waals surface area contributed by atoms with E-state index < -0.39 is 11.8 Å². The lowest BCUT2D eigenvalue weighted by atomic mass is 9.97. The number of nitrogens with one attached hydrogen (secondary N) is 2. The molecular weight excluding hydrogens is 328 g/mol. The van der Waals surface area contributed by atoms with Crippen molar-refractivity contribution in [1.29, 1.82) is 0 Å². The number of ketones is 1. The van der Waals surface area contributed by atoms with E-state index in [0.717, 1.165) is 12.0 Å². The Kier molecular flexibility index (Phi) is 6.67. The highest BCUT2D eigenvalue weighted by Crippen LogP contribution is 2.21. The number of anilines is 1. The van der Waals surface area contributed by atoms with Crippen LogP contribution in [0.5, 0.6) is 0 Å². The number of rotatable bonds is 6. The van der Waals surface area contributed by atoms with Gasteiger partial charge in [-0.1, -0.05) is 56.3 Å². The normalized spacial score (nSPS) is 11.7. The summed E-state index contributed by atoms with van der Waals surface area (Å²) in [5.41, 5.74) is 1.85. The van der Waals surface area contributed by atoms with Crippen LogP contribution in [0.1, 0.15) is 49.2 Å². The van der Waals surface area contributed by atoms with Gasteiger partial charge in [0.15, 0.2) is 5.78 Å². The third kappa shape index (κ3) is 5.55. The van der Waals surface area contributed by atoms with E-state index in [1.165, 1.54) is 6.92 Å². The lowest BCUT2D eigenvalue weighted by Crippen LogP contribution is -2.38. The van der Waals surface area contributed by atoms with Crippen molar-refractivity contribution >= 4 is 23.3 Å². The van der Waals surface area contributed by atoms with Crippen LogP contribution in [0.3, 0.4) is 0 Å². The molecule has 1 unspecified atom stereocenters. The number of benzene rings is 2. The van der Waals surface area contributed by atoms with E-state index in [-0.39, 0.29) is 11.8 Å². The van der Waals surface area contributed by atoms with E-state index >= 15 is 0 Å². The lowest BCUT2D eigenvalue weighted by molar-refractivity contribution is -0.136. The average Bonchev–Trinajstić information content (AvgIpc) is 2.61. The summed E-state index contributed by atoms with van der Waals surface area (Å²) in [7, 11) is 0. The van der Waals surface area contributed by atoms with Gasteiger partial charge < -0.3 is 10.6 Å². The monoisotopic (exact) mass is 352 g/mol.